The topological polar surface area (TPSA) is 41.1 Å². The molecule has 2 N–H and O–H groups in total. The standard InChI is InChI=1S/C11H11ClN2O/c1-2-5-13-10-8-6-7(12)3-4-9(8)14-11(10)15/h2-4,6,10,13H,1,5H2,(H,14,15). The van der Waals surface area contributed by atoms with Crippen molar-refractivity contribution in [2.75, 3.05) is 11.9 Å². The lowest BCUT2D eigenvalue weighted by Crippen LogP contribution is -2.27. The average molecular weight is 223 g/mol. The zero-order chi connectivity index (χ0) is 10.8. The molecule has 1 aromatic carbocycles. The smallest absolute Gasteiger partial charge is 0.246 e. The summed E-state index contributed by atoms with van der Waals surface area (Å²) in [6.07, 6.45) is 1.72. The summed E-state index contributed by atoms with van der Waals surface area (Å²) in [7, 11) is 0. The van der Waals surface area contributed by atoms with Gasteiger partial charge in [-0.3, -0.25) is 10.1 Å². The Bertz CT molecular complexity index is 417. The molecule has 0 saturated heterocycles. The molecule has 3 nitrogen and oxygen atoms in total. The number of carbonyl (C=O) groups excluding carboxylic acids is 1. The molecule has 0 spiro atoms. The molecule has 1 amide bonds. The van der Waals surface area contributed by atoms with Crippen LogP contribution in [-0.4, -0.2) is 12.5 Å². The molecular weight excluding hydrogens is 212 g/mol. The fourth-order valence-electron chi connectivity index (χ4n) is 1.64. The monoisotopic (exact) mass is 222 g/mol. The number of halogens is 1. The number of rotatable bonds is 3. The van der Waals surface area contributed by atoms with Gasteiger partial charge in [-0.05, 0) is 18.2 Å². The zero-order valence-electron chi connectivity index (χ0n) is 8.09. The van der Waals surface area contributed by atoms with Crippen LogP contribution in [0, 0.1) is 0 Å². The second-order valence-electron chi connectivity index (χ2n) is 3.35. The summed E-state index contributed by atoms with van der Waals surface area (Å²) >= 11 is 5.88. The molecule has 78 valence electrons. The van der Waals surface area contributed by atoms with Crippen molar-refractivity contribution in [2.45, 2.75) is 6.04 Å². The quantitative estimate of drug-likeness (QED) is 0.770. The minimum atomic E-state index is -0.322. The number of amides is 1. The summed E-state index contributed by atoms with van der Waals surface area (Å²) in [5, 5.41) is 6.50. The maximum absolute atomic E-state index is 11.6. The van der Waals surface area contributed by atoms with Crippen LogP contribution in [-0.2, 0) is 4.79 Å². The molecule has 1 heterocycles. The maximum Gasteiger partial charge on any atom is 0.246 e. The van der Waals surface area contributed by atoms with Crippen molar-refractivity contribution in [3.8, 4) is 0 Å². The second kappa shape index (κ2) is 4.04. The van der Waals surface area contributed by atoms with Crippen LogP contribution in [0.4, 0.5) is 5.69 Å². The van der Waals surface area contributed by atoms with Crippen LogP contribution >= 0.6 is 11.6 Å². The van der Waals surface area contributed by atoms with Crippen LogP contribution in [0.3, 0.4) is 0 Å². The van der Waals surface area contributed by atoms with Crippen molar-refractivity contribution in [3.63, 3.8) is 0 Å². The van der Waals surface area contributed by atoms with Crippen molar-refractivity contribution in [1.82, 2.24) is 5.32 Å². The molecule has 1 aromatic rings. The summed E-state index contributed by atoms with van der Waals surface area (Å²) in [6.45, 7) is 4.19. The van der Waals surface area contributed by atoms with Gasteiger partial charge in [0.15, 0.2) is 0 Å². The first-order valence-corrected chi connectivity index (χ1v) is 5.05. The lowest BCUT2D eigenvalue weighted by Gasteiger charge is -2.09. The van der Waals surface area contributed by atoms with Gasteiger partial charge in [-0.2, -0.15) is 0 Å². The van der Waals surface area contributed by atoms with E-state index in [1.165, 1.54) is 0 Å². The van der Waals surface area contributed by atoms with E-state index in [0.717, 1.165) is 11.3 Å². The van der Waals surface area contributed by atoms with Gasteiger partial charge < -0.3 is 5.32 Å². The first kappa shape index (κ1) is 10.2. The van der Waals surface area contributed by atoms with E-state index in [9.17, 15) is 4.79 Å². The third-order valence-corrected chi connectivity index (χ3v) is 2.55. The Kier molecular flexibility index (Phi) is 2.75. The van der Waals surface area contributed by atoms with Crippen molar-refractivity contribution in [1.29, 1.82) is 0 Å². The van der Waals surface area contributed by atoms with E-state index in [2.05, 4.69) is 17.2 Å². The lowest BCUT2D eigenvalue weighted by molar-refractivity contribution is -0.117. The highest BCUT2D eigenvalue weighted by Crippen LogP contribution is 2.32. The van der Waals surface area contributed by atoms with Crippen molar-refractivity contribution < 1.29 is 4.79 Å². The number of benzene rings is 1. The van der Waals surface area contributed by atoms with Crippen LogP contribution in [0.25, 0.3) is 0 Å². The average Bonchev–Trinajstić information content (AvgIpc) is 2.51. The number of nitrogens with one attached hydrogen (secondary N) is 2. The zero-order valence-corrected chi connectivity index (χ0v) is 8.84. The summed E-state index contributed by atoms with van der Waals surface area (Å²) < 4.78 is 0. The Morgan fingerprint density at radius 2 is 2.40 bits per heavy atom. The van der Waals surface area contributed by atoms with E-state index < -0.39 is 0 Å². The van der Waals surface area contributed by atoms with E-state index in [-0.39, 0.29) is 11.9 Å². The molecule has 1 atom stereocenters. The van der Waals surface area contributed by atoms with E-state index in [0.29, 0.717) is 11.6 Å². The van der Waals surface area contributed by atoms with Crippen LogP contribution in [0.1, 0.15) is 11.6 Å². The maximum atomic E-state index is 11.6. The lowest BCUT2D eigenvalue weighted by atomic mass is 10.1. The largest absolute Gasteiger partial charge is 0.324 e. The summed E-state index contributed by atoms with van der Waals surface area (Å²) in [4.78, 5) is 11.6. The van der Waals surface area contributed by atoms with E-state index >= 15 is 0 Å². The third-order valence-electron chi connectivity index (χ3n) is 2.31. The van der Waals surface area contributed by atoms with Crippen LogP contribution in [0.2, 0.25) is 5.02 Å². The molecule has 1 unspecified atom stereocenters. The van der Waals surface area contributed by atoms with Crippen LogP contribution in [0.5, 0.6) is 0 Å². The Hall–Kier alpha value is -1.32. The van der Waals surface area contributed by atoms with Gasteiger partial charge in [-0.25, -0.2) is 0 Å². The molecule has 0 saturated carbocycles. The predicted octanol–water partition coefficient (Wildman–Crippen LogP) is 2.11. The van der Waals surface area contributed by atoms with Gasteiger partial charge in [0, 0.05) is 22.8 Å². The molecule has 0 bridgehead atoms. The highest BCUT2D eigenvalue weighted by molar-refractivity contribution is 6.31. The highest BCUT2D eigenvalue weighted by atomic mass is 35.5. The molecule has 1 aliphatic rings. The molecule has 1 aliphatic heterocycles. The number of hydrogen-bond acceptors (Lipinski definition) is 2. The van der Waals surface area contributed by atoms with Crippen molar-refractivity contribution in [2.24, 2.45) is 0 Å². The van der Waals surface area contributed by atoms with Gasteiger partial charge in [-0.15, -0.1) is 6.58 Å². The van der Waals surface area contributed by atoms with Crippen LogP contribution in [0.15, 0.2) is 30.9 Å². The summed E-state index contributed by atoms with van der Waals surface area (Å²) in [5.74, 6) is -0.0471. The predicted molar refractivity (Wildman–Crippen MR) is 61.0 cm³/mol. The van der Waals surface area contributed by atoms with E-state index in [1.807, 2.05) is 6.07 Å². The van der Waals surface area contributed by atoms with Crippen molar-refractivity contribution in [3.05, 3.63) is 41.4 Å². The highest BCUT2D eigenvalue weighted by Gasteiger charge is 2.29. The fourth-order valence-corrected chi connectivity index (χ4v) is 1.82. The molecular formula is C11H11ClN2O. The number of fused-ring (bicyclic) bond motifs is 1. The Morgan fingerprint density at radius 1 is 1.60 bits per heavy atom. The Morgan fingerprint density at radius 3 is 3.13 bits per heavy atom. The van der Waals surface area contributed by atoms with E-state index in [4.69, 9.17) is 11.6 Å². The molecule has 0 fully saturated rings. The van der Waals surface area contributed by atoms with Crippen molar-refractivity contribution >= 4 is 23.2 Å². The Labute approximate surface area is 93.1 Å². The second-order valence-corrected chi connectivity index (χ2v) is 3.79. The van der Waals surface area contributed by atoms with Gasteiger partial charge in [0.25, 0.3) is 0 Å². The number of hydrogen-bond donors (Lipinski definition) is 2. The third kappa shape index (κ3) is 1.89. The molecule has 0 aromatic heterocycles. The van der Waals surface area contributed by atoms with Gasteiger partial charge in [0.2, 0.25) is 5.91 Å². The van der Waals surface area contributed by atoms with Gasteiger partial charge in [0.1, 0.15) is 6.04 Å². The molecule has 0 aliphatic carbocycles. The number of anilines is 1. The first-order valence-electron chi connectivity index (χ1n) is 4.67. The minimum absolute atomic E-state index is 0.0471. The molecule has 0 radical (unpaired) electrons. The van der Waals surface area contributed by atoms with Gasteiger partial charge in [-0.1, -0.05) is 17.7 Å². The summed E-state index contributed by atoms with van der Waals surface area (Å²) in [5.41, 5.74) is 1.72. The number of carbonyl (C=O) groups is 1. The molecule has 4 heteroatoms. The normalized spacial score (nSPS) is 18.5. The first-order chi connectivity index (χ1) is 7.22. The molecule has 2 rings (SSSR count). The van der Waals surface area contributed by atoms with Gasteiger partial charge >= 0.3 is 0 Å². The SMILES string of the molecule is C=CCNC1C(=O)Nc2ccc(Cl)cc21. The Balaban J connectivity index is 2.30. The summed E-state index contributed by atoms with van der Waals surface area (Å²) in [6, 6.07) is 5.05. The molecule has 15 heavy (non-hydrogen) atoms. The fraction of sp³-hybridized carbons (Fsp3) is 0.182. The van der Waals surface area contributed by atoms with Gasteiger partial charge in [0.05, 0.1) is 0 Å². The minimum Gasteiger partial charge on any atom is -0.324 e. The van der Waals surface area contributed by atoms with Crippen LogP contribution < -0.4 is 10.6 Å². The van der Waals surface area contributed by atoms with E-state index in [1.54, 1.807) is 18.2 Å².